The van der Waals surface area contributed by atoms with E-state index in [4.69, 9.17) is 4.55 Å². The van der Waals surface area contributed by atoms with E-state index in [0.717, 1.165) is 13.7 Å². The van der Waals surface area contributed by atoms with Crippen LogP contribution in [0.2, 0.25) is 0 Å². The van der Waals surface area contributed by atoms with Gasteiger partial charge in [0.05, 0.1) is 7.11 Å². The van der Waals surface area contributed by atoms with Gasteiger partial charge in [-0.1, -0.05) is 6.92 Å². The van der Waals surface area contributed by atoms with Gasteiger partial charge in [0.15, 0.2) is 0 Å². The Bertz CT molecular complexity index is 317. The van der Waals surface area contributed by atoms with Crippen molar-refractivity contribution in [2.24, 2.45) is 0 Å². The smallest absolute Gasteiger partial charge is 0.354 e. The zero-order valence-electron chi connectivity index (χ0n) is 8.25. The van der Waals surface area contributed by atoms with Gasteiger partial charge in [-0.3, -0.25) is 8.74 Å². The molecule has 14 heavy (non-hydrogen) atoms. The highest BCUT2D eigenvalue weighted by atomic mass is 32.3. The van der Waals surface area contributed by atoms with Crippen molar-refractivity contribution in [3.63, 3.8) is 0 Å². The molecule has 0 amide bonds. The number of hydrogen-bond donors (Lipinski definition) is 1. The van der Waals surface area contributed by atoms with Crippen LogP contribution in [0, 0.1) is 0 Å². The molecule has 0 bridgehead atoms. The molecule has 0 saturated heterocycles. The maximum absolute atomic E-state index is 9.33. The molecule has 0 aliphatic rings. The summed E-state index contributed by atoms with van der Waals surface area (Å²) in [5.41, 5.74) is 0. The van der Waals surface area contributed by atoms with Gasteiger partial charge in [0.25, 0.3) is 0 Å². The van der Waals surface area contributed by atoms with Gasteiger partial charge in [0.1, 0.15) is 0 Å². The summed E-state index contributed by atoms with van der Waals surface area (Å²) in [6.07, 6.45) is 5.39. The SMILES string of the molecule is CCCn1cccc1.COS(=O)(=O)O. The second kappa shape index (κ2) is 6.58. The highest BCUT2D eigenvalue weighted by molar-refractivity contribution is 7.80. The van der Waals surface area contributed by atoms with Crippen molar-refractivity contribution in [2.75, 3.05) is 7.11 Å². The van der Waals surface area contributed by atoms with Crippen molar-refractivity contribution in [2.45, 2.75) is 19.9 Å². The fourth-order valence-corrected chi connectivity index (χ4v) is 0.777. The highest BCUT2D eigenvalue weighted by Gasteiger charge is 1.94. The summed E-state index contributed by atoms with van der Waals surface area (Å²) in [5, 5.41) is 0. The van der Waals surface area contributed by atoms with Crippen molar-refractivity contribution < 1.29 is 17.2 Å². The molecule has 0 radical (unpaired) electrons. The second-order valence-corrected chi connectivity index (χ2v) is 3.70. The summed E-state index contributed by atoms with van der Waals surface area (Å²) in [6.45, 7) is 3.33. The van der Waals surface area contributed by atoms with E-state index in [0.29, 0.717) is 0 Å². The topological polar surface area (TPSA) is 68.5 Å². The number of nitrogens with zero attached hydrogens (tertiary/aromatic N) is 1. The van der Waals surface area contributed by atoms with Crippen LogP contribution >= 0.6 is 0 Å². The van der Waals surface area contributed by atoms with Gasteiger partial charge in [-0.05, 0) is 18.6 Å². The Morgan fingerprint density at radius 1 is 1.36 bits per heavy atom. The number of aryl methyl sites for hydroxylation is 1. The van der Waals surface area contributed by atoms with E-state index in [1.54, 1.807) is 0 Å². The lowest BCUT2D eigenvalue weighted by molar-refractivity contribution is 0.324. The first kappa shape index (κ1) is 13.2. The Kier molecular flexibility index (Phi) is 6.18. The first-order chi connectivity index (χ1) is 6.49. The molecule has 0 saturated carbocycles. The lowest BCUT2D eigenvalue weighted by atomic mass is 10.5. The predicted octanol–water partition coefficient (Wildman–Crippen LogP) is 1.33. The van der Waals surface area contributed by atoms with Gasteiger partial charge in [0, 0.05) is 18.9 Å². The van der Waals surface area contributed by atoms with Crippen molar-refractivity contribution in [1.82, 2.24) is 4.57 Å². The van der Waals surface area contributed by atoms with Crippen LogP contribution in [0.4, 0.5) is 0 Å². The Labute approximate surface area is 84.3 Å². The summed E-state index contributed by atoms with van der Waals surface area (Å²) in [7, 11) is -3.29. The highest BCUT2D eigenvalue weighted by Crippen LogP contribution is 1.90. The van der Waals surface area contributed by atoms with E-state index in [2.05, 4.69) is 40.2 Å². The number of rotatable bonds is 3. The molecule has 1 N–H and O–H groups in total. The molecular formula is C8H15NO4S. The third-order valence-corrected chi connectivity index (χ3v) is 1.78. The van der Waals surface area contributed by atoms with Crippen LogP contribution in [-0.4, -0.2) is 24.6 Å². The fraction of sp³-hybridized carbons (Fsp3) is 0.500. The maximum Gasteiger partial charge on any atom is 0.397 e. The molecule has 5 nitrogen and oxygen atoms in total. The quantitative estimate of drug-likeness (QED) is 0.782. The average molecular weight is 221 g/mol. The number of hydrogen-bond acceptors (Lipinski definition) is 3. The Morgan fingerprint density at radius 2 is 1.79 bits per heavy atom. The monoisotopic (exact) mass is 221 g/mol. The molecule has 0 unspecified atom stereocenters. The summed E-state index contributed by atoms with van der Waals surface area (Å²) in [6, 6.07) is 4.10. The van der Waals surface area contributed by atoms with Crippen molar-refractivity contribution in [3.05, 3.63) is 24.5 Å². The lowest BCUT2D eigenvalue weighted by Crippen LogP contribution is -1.96. The Hall–Kier alpha value is -0.850. The normalized spacial score (nSPS) is 10.5. The molecule has 1 heterocycles. The van der Waals surface area contributed by atoms with E-state index < -0.39 is 10.4 Å². The van der Waals surface area contributed by atoms with Crippen LogP contribution in [0.5, 0.6) is 0 Å². The van der Waals surface area contributed by atoms with Crippen LogP contribution in [0.15, 0.2) is 24.5 Å². The lowest BCUT2D eigenvalue weighted by Gasteiger charge is -1.94. The van der Waals surface area contributed by atoms with Crippen LogP contribution < -0.4 is 0 Å². The molecule has 0 spiro atoms. The summed E-state index contributed by atoms with van der Waals surface area (Å²) in [5.74, 6) is 0. The molecular weight excluding hydrogens is 206 g/mol. The van der Waals surface area contributed by atoms with Crippen molar-refractivity contribution in [3.8, 4) is 0 Å². The van der Waals surface area contributed by atoms with Crippen LogP contribution in [-0.2, 0) is 21.1 Å². The van der Waals surface area contributed by atoms with E-state index in [1.807, 2.05) is 0 Å². The molecule has 0 aliphatic carbocycles. The molecule has 1 rings (SSSR count). The maximum atomic E-state index is 9.33. The van der Waals surface area contributed by atoms with E-state index in [-0.39, 0.29) is 0 Å². The van der Waals surface area contributed by atoms with Gasteiger partial charge in [-0.25, -0.2) is 0 Å². The summed E-state index contributed by atoms with van der Waals surface area (Å²) < 4.78 is 31.9. The second-order valence-electron chi connectivity index (χ2n) is 2.52. The molecule has 1 aromatic rings. The zero-order chi connectivity index (χ0) is 11.0. The van der Waals surface area contributed by atoms with Crippen LogP contribution in [0.1, 0.15) is 13.3 Å². The largest absolute Gasteiger partial charge is 0.397 e. The van der Waals surface area contributed by atoms with Gasteiger partial charge < -0.3 is 4.57 Å². The molecule has 0 aromatic carbocycles. The van der Waals surface area contributed by atoms with E-state index in [9.17, 15) is 8.42 Å². The summed E-state index contributed by atoms with van der Waals surface area (Å²) >= 11 is 0. The Morgan fingerprint density at radius 3 is 2.07 bits per heavy atom. The van der Waals surface area contributed by atoms with E-state index >= 15 is 0 Å². The fourth-order valence-electron chi connectivity index (χ4n) is 0.777. The first-order valence-electron chi connectivity index (χ1n) is 4.13. The van der Waals surface area contributed by atoms with Gasteiger partial charge in [-0.15, -0.1) is 0 Å². The van der Waals surface area contributed by atoms with Gasteiger partial charge in [-0.2, -0.15) is 8.42 Å². The predicted molar refractivity (Wildman–Crippen MR) is 53.3 cm³/mol. The minimum atomic E-state index is -4.16. The molecule has 0 atom stereocenters. The first-order valence-corrected chi connectivity index (χ1v) is 5.50. The van der Waals surface area contributed by atoms with Crippen LogP contribution in [0.3, 0.4) is 0 Å². The molecule has 1 aromatic heterocycles. The van der Waals surface area contributed by atoms with Crippen LogP contribution in [0.25, 0.3) is 0 Å². The summed E-state index contributed by atoms with van der Waals surface area (Å²) in [4.78, 5) is 0. The number of aromatic nitrogens is 1. The van der Waals surface area contributed by atoms with Gasteiger partial charge >= 0.3 is 10.4 Å². The Balaban J connectivity index is 0.000000255. The van der Waals surface area contributed by atoms with Crippen molar-refractivity contribution in [1.29, 1.82) is 0 Å². The molecule has 0 fully saturated rings. The molecule has 6 heteroatoms. The average Bonchev–Trinajstić information content (AvgIpc) is 2.58. The molecule has 0 aliphatic heterocycles. The van der Waals surface area contributed by atoms with E-state index in [1.165, 1.54) is 6.42 Å². The minimum Gasteiger partial charge on any atom is -0.354 e. The van der Waals surface area contributed by atoms with Crippen molar-refractivity contribution >= 4 is 10.4 Å². The van der Waals surface area contributed by atoms with Gasteiger partial charge in [0.2, 0.25) is 0 Å². The standard InChI is InChI=1S/C7H11N.CH4O4S/c1-2-5-8-6-3-4-7-8;1-5-6(2,3)4/h3-4,6-7H,2,5H2,1H3;1H3,(H,2,3,4). The zero-order valence-corrected chi connectivity index (χ0v) is 9.07. The molecule has 82 valence electrons. The third kappa shape index (κ3) is 7.78. The minimum absolute atomic E-state index is 0.870. The third-order valence-electron chi connectivity index (χ3n) is 1.36.